The molecule has 2 aromatic carbocycles. The summed E-state index contributed by atoms with van der Waals surface area (Å²) in [6, 6.07) is 22.9. The fourth-order valence-corrected chi connectivity index (χ4v) is 13.7. The third-order valence-corrected chi connectivity index (χ3v) is 15.3. The van der Waals surface area contributed by atoms with E-state index in [1.807, 2.05) is 0 Å². The van der Waals surface area contributed by atoms with Crippen molar-refractivity contribution in [2.45, 2.75) is 37.5 Å². The molecule has 0 nitrogen and oxygen atoms in total. The van der Waals surface area contributed by atoms with E-state index in [-0.39, 0.29) is 0 Å². The molecule has 1 radical (unpaired) electrons. The maximum atomic E-state index is 2.53. The first kappa shape index (κ1) is 15.7. The van der Waals surface area contributed by atoms with Gasteiger partial charge in [0.15, 0.2) is 0 Å². The van der Waals surface area contributed by atoms with Gasteiger partial charge in [0.05, 0.1) is 0 Å². The van der Waals surface area contributed by atoms with Crippen molar-refractivity contribution in [3.8, 4) is 0 Å². The summed E-state index contributed by atoms with van der Waals surface area (Å²) in [6.45, 7) is 5.07. The van der Waals surface area contributed by atoms with E-state index in [2.05, 4.69) is 74.5 Å². The summed E-state index contributed by atoms with van der Waals surface area (Å²) >= 11 is -1.78. The summed E-state index contributed by atoms with van der Waals surface area (Å²) in [5.74, 6) is 2.98. The first-order valence-electron chi connectivity index (χ1n) is 9.13. The van der Waals surface area contributed by atoms with Gasteiger partial charge in [0.2, 0.25) is 0 Å². The second kappa shape index (κ2) is 6.27. The third kappa shape index (κ3) is 2.88. The molecule has 0 saturated heterocycles. The molecule has 0 unspecified atom stereocenters. The normalized spacial score (nSPS) is 28.4. The van der Waals surface area contributed by atoms with Crippen LogP contribution in [0.2, 0.25) is 4.44 Å². The maximum absolute atomic E-state index is 2.53. The number of hydrogen-bond acceptors (Lipinski definition) is 0. The minimum atomic E-state index is -1.78. The van der Waals surface area contributed by atoms with Crippen molar-refractivity contribution in [3.05, 3.63) is 60.7 Å². The van der Waals surface area contributed by atoms with E-state index in [9.17, 15) is 0 Å². The van der Waals surface area contributed by atoms with E-state index < -0.39 is 19.8 Å². The van der Waals surface area contributed by atoms with Gasteiger partial charge in [-0.2, -0.15) is 0 Å². The van der Waals surface area contributed by atoms with Crippen LogP contribution in [-0.4, -0.2) is 19.8 Å². The summed E-state index contributed by atoms with van der Waals surface area (Å²) in [5, 5.41) is 0. The van der Waals surface area contributed by atoms with Crippen LogP contribution in [-0.2, 0) is 0 Å². The van der Waals surface area contributed by atoms with Crippen LogP contribution in [0.1, 0.15) is 33.1 Å². The second-order valence-corrected chi connectivity index (χ2v) is 15.3. The molecule has 0 aliphatic heterocycles. The molecule has 3 aliphatic carbocycles. The van der Waals surface area contributed by atoms with Gasteiger partial charge in [0, 0.05) is 0 Å². The number of benzene rings is 2. The molecule has 0 amide bonds. The van der Waals surface area contributed by atoms with Crippen molar-refractivity contribution in [3.63, 3.8) is 0 Å². The minimum absolute atomic E-state index is 0.616. The first-order valence-corrected chi connectivity index (χ1v) is 14.0. The summed E-state index contributed by atoms with van der Waals surface area (Å²) in [6.07, 6.45) is 4.48. The standard InChI is InChI=1S/C10H17.2C6H5.Sn/c1-7-4-5-8-6-9(7)10(8,2)3;2*1-2-4-6-5-3-1;/h7-9H,1,4-6H2,2-3H3;2*1-5H;/t7-,8+,9+;;;/m1.../s1. The van der Waals surface area contributed by atoms with Gasteiger partial charge in [-0.05, 0) is 0 Å². The molecule has 0 heterocycles. The molecule has 5 rings (SSSR count). The van der Waals surface area contributed by atoms with Crippen LogP contribution in [0.5, 0.6) is 0 Å². The van der Waals surface area contributed by atoms with Gasteiger partial charge in [-0.3, -0.25) is 0 Å². The molecule has 0 spiro atoms. The molecule has 0 aromatic heterocycles. The monoisotopic (exact) mass is 411 g/mol. The van der Waals surface area contributed by atoms with Crippen molar-refractivity contribution in [2.24, 2.45) is 23.2 Å². The SMILES string of the molecule is CC1(C)[C@H]2CC[C@@H]([CH2][Sn]([c]3ccccc3)[c]3ccccc3)[C@@H]1C2. The Labute approximate surface area is 148 Å². The Morgan fingerprint density at radius 2 is 1.43 bits per heavy atom. The van der Waals surface area contributed by atoms with Gasteiger partial charge in [-0.25, -0.2) is 0 Å². The number of hydrogen-bond donors (Lipinski definition) is 0. The first-order chi connectivity index (χ1) is 11.2. The van der Waals surface area contributed by atoms with E-state index in [0.29, 0.717) is 5.41 Å². The Morgan fingerprint density at radius 1 is 0.870 bits per heavy atom. The van der Waals surface area contributed by atoms with Crippen LogP contribution in [0.15, 0.2) is 60.7 Å². The van der Waals surface area contributed by atoms with Gasteiger partial charge < -0.3 is 0 Å². The average molecular weight is 410 g/mol. The van der Waals surface area contributed by atoms with Crippen molar-refractivity contribution in [1.29, 1.82) is 0 Å². The van der Waals surface area contributed by atoms with Crippen LogP contribution < -0.4 is 7.16 Å². The van der Waals surface area contributed by atoms with E-state index in [4.69, 9.17) is 0 Å². The average Bonchev–Trinajstić information content (AvgIpc) is 2.61. The van der Waals surface area contributed by atoms with Gasteiger partial charge in [0.25, 0.3) is 0 Å². The molecule has 2 aromatic rings. The van der Waals surface area contributed by atoms with Gasteiger partial charge in [-0.1, -0.05) is 0 Å². The Morgan fingerprint density at radius 3 is 1.91 bits per heavy atom. The molecule has 3 saturated carbocycles. The fraction of sp³-hybridized carbons (Fsp3) is 0.455. The molecule has 3 atom stereocenters. The summed E-state index contributed by atoms with van der Waals surface area (Å²) < 4.78 is 4.87. The Bertz CT molecular complexity index is 605. The van der Waals surface area contributed by atoms with E-state index >= 15 is 0 Å². The Hall–Kier alpha value is -0.761. The third-order valence-electron chi connectivity index (χ3n) is 6.71. The Kier molecular flexibility index (Phi) is 4.30. The zero-order valence-corrected chi connectivity index (χ0v) is 17.2. The zero-order chi connectivity index (χ0) is 15.9. The van der Waals surface area contributed by atoms with E-state index in [1.165, 1.54) is 23.7 Å². The van der Waals surface area contributed by atoms with Crippen LogP contribution in [0, 0.1) is 23.2 Å². The predicted molar refractivity (Wildman–Crippen MR) is 101 cm³/mol. The molecule has 1 heteroatoms. The number of fused-ring (bicyclic) bond motifs is 2. The summed E-state index contributed by atoms with van der Waals surface area (Å²) in [7, 11) is 0. The molecule has 3 fully saturated rings. The fourth-order valence-electron chi connectivity index (χ4n) is 5.15. The van der Waals surface area contributed by atoms with Gasteiger partial charge in [-0.15, -0.1) is 0 Å². The molecular weight excluding hydrogens is 383 g/mol. The van der Waals surface area contributed by atoms with Crippen LogP contribution in [0.25, 0.3) is 0 Å². The zero-order valence-electron chi connectivity index (χ0n) is 14.3. The van der Waals surface area contributed by atoms with Crippen LogP contribution >= 0.6 is 0 Å². The van der Waals surface area contributed by atoms with Crippen molar-refractivity contribution < 1.29 is 0 Å². The van der Waals surface area contributed by atoms with Crippen molar-refractivity contribution >= 4 is 26.9 Å². The molecule has 2 bridgehead atoms. The van der Waals surface area contributed by atoms with Gasteiger partial charge in [0.1, 0.15) is 0 Å². The summed E-state index contributed by atoms with van der Waals surface area (Å²) in [5.41, 5.74) is 0.616. The van der Waals surface area contributed by atoms with Crippen molar-refractivity contribution in [1.82, 2.24) is 0 Å². The predicted octanol–water partition coefficient (Wildman–Crippen LogP) is 4.37. The number of rotatable bonds is 4. The van der Waals surface area contributed by atoms with Crippen LogP contribution in [0.3, 0.4) is 0 Å². The van der Waals surface area contributed by atoms with E-state index in [1.54, 1.807) is 7.16 Å². The van der Waals surface area contributed by atoms with Crippen molar-refractivity contribution in [2.75, 3.05) is 0 Å². The molecule has 23 heavy (non-hydrogen) atoms. The van der Waals surface area contributed by atoms with Crippen LogP contribution in [0.4, 0.5) is 0 Å². The summed E-state index contributed by atoms with van der Waals surface area (Å²) in [4.78, 5) is 0. The van der Waals surface area contributed by atoms with Gasteiger partial charge >= 0.3 is 148 Å². The topological polar surface area (TPSA) is 0 Å². The quantitative estimate of drug-likeness (QED) is 0.657. The molecule has 119 valence electrons. The van der Waals surface area contributed by atoms with E-state index in [0.717, 1.165) is 17.8 Å². The second-order valence-electron chi connectivity index (χ2n) is 8.11. The molecule has 0 N–H and O–H groups in total. The molecule has 3 aliphatic rings. The Balaban J connectivity index is 1.62. The molecular formula is C22H27Sn.